The van der Waals surface area contributed by atoms with E-state index in [9.17, 15) is 4.39 Å². The predicted molar refractivity (Wildman–Crippen MR) is 107 cm³/mol. The van der Waals surface area contributed by atoms with Crippen LogP contribution in [0.5, 0.6) is 0 Å². The number of alkyl halides is 1. The number of fused-ring (bicyclic) bond motifs is 1. The van der Waals surface area contributed by atoms with Crippen LogP contribution >= 0.6 is 34.3 Å². The number of aromatic nitrogens is 1. The van der Waals surface area contributed by atoms with Gasteiger partial charge in [0.2, 0.25) is 0 Å². The monoisotopic (exact) mass is 394 g/mol. The number of pyridine rings is 1. The van der Waals surface area contributed by atoms with Crippen LogP contribution in [0, 0.1) is 6.92 Å². The van der Waals surface area contributed by atoms with Crippen molar-refractivity contribution in [1.29, 1.82) is 0 Å². The van der Waals surface area contributed by atoms with Gasteiger partial charge in [-0.15, -0.1) is 22.7 Å². The molecule has 0 bridgehead atoms. The molecule has 0 aromatic carbocycles. The van der Waals surface area contributed by atoms with Crippen LogP contribution in [0.3, 0.4) is 0 Å². The number of nitrogens with one attached hydrogen (secondary N) is 1. The molecule has 1 saturated carbocycles. The van der Waals surface area contributed by atoms with E-state index in [2.05, 4.69) is 34.7 Å². The fourth-order valence-corrected chi connectivity index (χ4v) is 5.87. The van der Waals surface area contributed by atoms with Gasteiger partial charge in [0.05, 0.1) is 15.9 Å². The lowest BCUT2D eigenvalue weighted by molar-refractivity contribution is 0.232. The van der Waals surface area contributed by atoms with E-state index in [4.69, 9.17) is 11.6 Å². The standard InChI is InChI=1S/C19H20ClFN2S2/c1-11-17-19(25-18(11)12-4-2-5-13(21)8-12)15(9-16(20)23-17)22-10-14-6-3-7-24-14/h3,6-7,9,12-13H,2,4-5,8,10H2,1H3,(H,22,23). The molecule has 6 heteroatoms. The smallest absolute Gasteiger partial charge is 0.131 e. The molecule has 2 nitrogen and oxygen atoms in total. The van der Waals surface area contributed by atoms with E-state index >= 15 is 0 Å². The zero-order chi connectivity index (χ0) is 17.4. The summed E-state index contributed by atoms with van der Waals surface area (Å²) >= 11 is 9.76. The third-order valence-electron chi connectivity index (χ3n) is 4.89. The lowest BCUT2D eigenvalue weighted by Gasteiger charge is -2.24. The molecule has 132 valence electrons. The first-order valence-corrected chi connectivity index (χ1v) is 10.7. The fraction of sp³-hybridized carbons (Fsp3) is 0.421. The van der Waals surface area contributed by atoms with E-state index < -0.39 is 6.17 Å². The Morgan fingerprint density at radius 2 is 2.28 bits per heavy atom. The van der Waals surface area contributed by atoms with Gasteiger partial charge in [-0.2, -0.15) is 0 Å². The largest absolute Gasteiger partial charge is 0.379 e. The minimum absolute atomic E-state index is 0.312. The third-order valence-corrected chi connectivity index (χ3v) is 7.44. The summed E-state index contributed by atoms with van der Waals surface area (Å²) in [6, 6.07) is 6.07. The maximum atomic E-state index is 13.9. The average molecular weight is 395 g/mol. The molecule has 1 fully saturated rings. The second-order valence-electron chi connectivity index (χ2n) is 6.66. The molecule has 3 heterocycles. The zero-order valence-corrected chi connectivity index (χ0v) is 16.4. The Bertz CT molecular complexity index is 875. The van der Waals surface area contributed by atoms with Gasteiger partial charge in [0.1, 0.15) is 11.3 Å². The molecule has 0 amide bonds. The number of aryl methyl sites for hydroxylation is 1. The maximum Gasteiger partial charge on any atom is 0.131 e. The van der Waals surface area contributed by atoms with Gasteiger partial charge in [-0.3, -0.25) is 0 Å². The van der Waals surface area contributed by atoms with E-state index in [1.165, 1.54) is 15.3 Å². The van der Waals surface area contributed by atoms with E-state index in [-0.39, 0.29) is 0 Å². The number of hydrogen-bond donors (Lipinski definition) is 1. The van der Waals surface area contributed by atoms with Crippen LogP contribution in [-0.4, -0.2) is 11.2 Å². The summed E-state index contributed by atoms with van der Waals surface area (Å²) in [4.78, 5) is 7.12. The van der Waals surface area contributed by atoms with E-state index in [0.717, 1.165) is 35.3 Å². The second-order valence-corrected chi connectivity index (χ2v) is 9.13. The topological polar surface area (TPSA) is 24.9 Å². The van der Waals surface area contributed by atoms with Crippen molar-refractivity contribution in [2.24, 2.45) is 0 Å². The van der Waals surface area contributed by atoms with E-state index in [1.807, 2.05) is 6.07 Å². The van der Waals surface area contributed by atoms with Gasteiger partial charge >= 0.3 is 0 Å². The van der Waals surface area contributed by atoms with Crippen molar-refractivity contribution in [2.45, 2.75) is 51.2 Å². The first kappa shape index (κ1) is 17.3. The lowest BCUT2D eigenvalue weighted by Crippen LogP contribution is -2.14. The van der Waals surface area contributed by atoms with Gasteiger partial charge < -0.3 is 5.32 Å². The van der Waals surface area contributed by atoms with Gasteiger partial charge in [-0.25, -0.2) is 9.37 Å². The average Bonchev–Trinajstić information content (AvgIpc) is 3.21. The van der Waals surface area contributed by atoms with E-state index in [1.54, 1.807) is 22.7 Å². The summed E-state index contributed by atoms with van der Waals surface area (Å²) in [6.07, 6.45) is 2.71. The van der Waals surface area contributed by atoms with Crippen molar-refractivity contribution >= 4 is 50.2 Å². The molecule has 3 aromatic heterocycles. The number of hydrogen-bond acceptors (Lipinski definition) is 4. The van der Waals surface area contributed by atoms with Crippen LogP contribution in [0.25, 0.3) is 10.2 Å². The van der Waals surface area contributed by atoms with E-state index in [0.29, 0.717) is 23.9 Å². The summed E-state index contributed by atoms with van der Waals surface area (Å²) in [5, 5.41) is 6.09. The van der Waals surface area contributed by atoms with Crippen molar-refractivity contribution in [2.75, 3.05) is 5.32 Å². The molecular weight excluding hydrogens is 375 g/mol. The molecule has 2 atom stereocenters. The number of nitrogens with zero attached hydrogens (tertiary/aromatic N) is 1. The van der Waals surface area contributed by atoms with Gasteiger partial charge in [0.15, 0.2) is 0 Å². The van der Waals surface area contributed by atoms with Crippen molar-refractivity contribution in [3.05, 3.63) is 44.1 Å². The van der Waals surface area contributed by atoms with Crippen molar-refractivity contribution in [3.8, 4) is 0 Å². The number of halogens is 2. The molecule has 25 heavy (non-hydrogen) atoms. The molecule has 2 unspecified atom stereocenters. The Morgan fingerprint density at radius 1 is 1.40 bits per heavy atom. The van der Waals surface area contributed by atoms with Crippen LogP contribution in [0.15, 0.2) is 23.6 Å². The molecule has 1 aliphatic rings. The summed E-state index contributed by atoms with van der Waals surface area (Å²) in [5.74, 6) is 0.312. The summed E-state index contributed by atoms with van der Waals surface area (Å²) in [6.45, 7) is 2.87. The van der Waals surface area contributed by atoms with Crippen LogP contribution in [0.4, 0.5) is 10.1 Å². The number of anilines is 1. The van der Waals surface area contributed by atoms with Gasteiger partial charge in [0.25, 0.3) is 0 Å². The quantitative estimate of drug-likeness (QED) is 0.485. The second kappa shape index (κ2) is 7.22. The number of rotatable bonds is 4. The molecule has 1 N–H and O–H groups in total. The minimum Gasteiger partial charge on any atom is -0.379 e. The Hall–Kier alpha value is -1.17. The van der Waals surface area contributed by atoms with Crippen LogP contribution < -0.4 is 5.32 Å². The summed E-state index contributed by atoms with van der Waals surface area (Å²) in [5.41, 5.74) is 3.15. The van der Waals surface area contributed by atoms with Crippen LogP contribution in [-0.2, 0) is 6.54 Å². The van der Waals surface area contributed by atoms with Crippen molar-refractivity contribution < 1.29 is 4.39 Å². The highest BCUT2D eigenvalue weighted by molar-refractivity contribution is 7.20. The van der Waals surface area contributed by atoms with Gasteiger partial charge in [0, 0.05) is 22.4 Å². The first-order valence-electron chi connectivity index (χ1n) is 8.61. The highest BCUT2D eigenvalue weighted by Crippen LogP contribution is 2.44. The lowest BCUT2D eigenvalue weighted by atomic mass is 9.86. The van der Waals surface area contributed by atoms with Gasteiger partial charge in [-0.1, -0.05) is 17.7 Å². The predicted octanol–water partition coefficient (Wildman–Crippen LogP) is 6.93. The molecular formula is C19H20ClFN2S2. The molecule has 0 radical (unpaired) electrons. The highest BCUT2D eigenvalue weighted by atomic mass is 35.5. The first-order chi connectivity index (χ1) is 12.1. The minimum atomic E-state index is -0.670. The molecule has 1 aliphatic carbocycles. The maximum absolute atomic E-state index is 13.9. The highest BCUT2D eigenvalue weighted by Gasteiger charge is 2.27. The Kier molecular flexibility index (Phi) is 4.98. The SMILES string of the molecule is Cc1c(C2CCCC(F)C2)sc2c(NCc3cccs3)cc(Cl)nc12. The summed E-state index contributed by atoms with van der Waals surface area (Å²) < 4.78 is 15.0. The molecule has 4 rings (SSSR count). The Balaban J connectivity index is 1.70. The Labute approximate surface area is 160 Å². The van der Waals surface area contributed by atoms with Gasteiger partial charge in [-0.05, 0) is 55.5 Å². The van der Waals surface area contributed by atoms with Crippen LogP contribution in [0.1, 0.15) is 46.9 Å². The Morgan fingerprint density at radius 3 is 3.04 bits per heavy atom. The van der Waals surface area contributed by atoms with Crippen molar-refractivity contribution in [1.82, 2.24) is 4.98 Å². The zero-order valence-electron chi connectivity index (χ0n) is 14.0. The molecule has 0 aliphatic heterocycles. The van der Waals surface area contributed by atoms with Crippen LogP contribution in [0.2, 0.25) is 5.15 Å². The normalized spacial score (nSPS) is 20.9. The number of thiophene rings is 2. The summed E-state index contributed by atoms with van der Waals surface area (Å²) in [7, 11) is 0. The fourth-order valence-electron chi connectivity index (χ4n) is 3.65. The molecule has 3 aromatic rings. The molecule has 0 saturated heterocycles. The third kappa shape index (κ3) is 3.55. The molecule has 0 spiro atoms. The van der Waals surface area contributed by atoms with Crippen molar-refractivity contribution in [3.63, 3.8) is 0 Å².